The fourth-order valence-corrected chi connectivity index (χ4v) is 2.76. The molecule has 0 radical (unpaired) electrons. The van der Waals surface area contributed by atoms with Crippen LogP contribution < -0.4 is 4.90 Å². The molecule has 6 nitrogen and oxygen atoms in total. The summed E-state index contributed by atoms with van der Waals surface area (Å²) in [5.41, 5.74) is 3.19. The molecule has 0 spiro atoms. The largest absolute Gasteiger partial charge is 0.384 e. The monoisotopic (exact) mass is 418 g/mol. The van der Waals surface area contributed by atoms with Crippen LogP contribution in [0.15, 0.2) is 90.1 Å². The summed E-state index contributed by atoms with van der Waals surface area (Å²) in [6, 6.07) is 28.0. The summed E-state index contributed by atoms with van der Waals surface area (Å²) < 4.78 is 0. The number of hydrogen-bond donors (Lipinski definition) is 0. The van der Waals surface area contributed by atoms with Gasteiger partial charge in [0.15, 0.2) is 0 Å². The standard InChI is InChI=1S/C25H26N2O4/c1-25(2,3)31-30-24(28)19-29-26-18-20-12-10-11-17-23(20)27(21-13-6-4-7-14-21)22-15-8-5-9-16-22/h4-18H,19H2,1-3H3/b26-18+. The van der Waals surface area contributed by atoms with E-state index in [0.29, 0.717) is 0 Å². The van der Waals surface area contributed by atoms with Crippen molar-refractivity contribution in [1.82, 2.24) is 0 Å². The Hall–Kier alpha value is -3.64. The summed E-state index contributed by atoms with van der Waals surface area (Å²) in [7, 11) is 0. The van der Waals surface area contributed by atoms with Crippen molar-refractivity contribution in [3.63, 3.8) is 0 Å². The third kappa shape index (κ3) is 6.69. The molecule has 0 saturated heterocycles. The van der Waals surface area contributed by atoms with E-state index >= 15 is 0 Å². The lowest BCUT2D eigenvalue weighted by Gasteiger charge is -2.26. The minimum atomic E-state index is -0.657. The summed E-state index contributed by atoms with van der Waals surface area (Å²) in [5, 5.41) is 3.95. The molecule has 0 bridgehead atoms. The fourth-order valence-electron chi connectivity index (χ4n) is 2.76. The molecule has 0 aliphatic rings. The first-order valence-corrected chi connectivity index (χ1v) is 9.97. The molecular weight excluding hydrogens is 392 g/mol. The Morgan fingerprint density at radius 1 is 0.871 bits per heavy atom. The Labute approximate surface area is 182 Å². The molecule has 3 rings (SSSR count). The van der Waals surface area contributed by atoms with Gasteiger partial charge in [-0.3, -0.25) is 4.89 Å². The highest BCUT2D eigenvalue weighted by molar-refractivity contribution is 5.92. The van der Waals surface area contributed by atoms with E-state index in [1.54, 1.807) is 27.0 Å². The number of anilines is 3. The van der Waals surface area contributed by atoms with E-state index in [1.165, 1.54) is 0 Å². The predicted octanol–water partition coefficient (Wildman–Crippen LogP) is 5.78. The summed E-state index contributed by atoms with van der Waals surface area (Å²) >= 11 is 0. The lowest BCUT2D eigenvalue weighted by molar-refractivity contribution is -0.322. The Morgan fingerprint density at radius 2 is 1.42 bits per heavy atom. The van der Waals surface area contributed by atoms with Gasteiger partial charge in [0, 0.05) is 16.9 Å². The zero-order valence-corrected chi connectivity index (χ0v) is 17.9. The number of benzene rings is 3. The van der Waals surface area contributed by atoms with Crippen LogP contribution in [-0.2, 0) is 19.4 Å². The van der Waals surface area contributed by atoms with Crippen LogP contribution in [0.3, 0.4) is 0 Å². The summed E-state index contributed by atoms with van der Waals surface area (Å²) in [6.07, 6.45) is 1.58. The van der Waals surface area contributed by atoms with E-state index in [2.05, 4.69) is 10.1 Å². The summed E-state index contributed by atoms with van der Waals surface area (Å²) in [6.45, 7) is 4.99. The molecule has 6 heteroatoms. The van der Waals surface area contributed by atoms with Crippen LogP contribution in [0.4, 0.5) is 17.1 Å². The van der Waals surface area contributed by atoms with Gasteiger partial charge in [0.1, 0.15) is 5.60 Å². The molecule has 0 aromatic heterocycles. The molecule has 31 heavy (non-hydrogen) atoms. The quantitative estimate of drug-likeness (QED) is 0.264. The predicted molar refractivity (Wildman–Crippen MR) is 122 cm³/mol. The highest BCUT2D eigenvalue weighted by atomic mass is 17.2. The van der Waals surface area contributed by atoms with Gasteiger partial charge in [0.25, 0.3) is 0 Å². The first-order chi connectivity index (χ1) is 14.9. The van der Waals surface area contributed by atoms with Crippen molar-refractivity contribution in [2.24, 2.45) is 5.16 Å². The molecular formula is C25H26N2O4. The normalized spacial score (nSPS) is 11.3. The fraction of sp³-hybridized carbons (Fsp3) is 0.200. The minimum Gasteiger partial charge on any atom is -0.384 e. The number of hydrogen-bond acceptors (Lipinski definition) is 6. The van der Waals surface area contributed by atoms with Crippen molar-refractivity contribution in [3.05, 3.63) is 90.5 Å². The molecule has 0 unspecified atom stereocenters. The molecule has 3 aromatic carbocycles. The van der Waals surface area contributed by atoms with Crippen molar-refractivity contribution in [1.29, 1.82) is 0 Å². The second kappa shape index (κ2) is 10.4. The molecule has 0 saturated carbocycles. The zero-order chi connectivity index (χ0) is 22.1. The van der Waals surface area contributed by atoms with E-state index in [1.807, 2.05) is 84.9 Å². The van der Waals surface area contributed by atoms with E-state index < -0.39 is 11.6 Å². The van der Waals surface area contributed by atoms with Crippen LogP contribution in [-0.4, -0.2) is 24.4 Å². The van der Waals surface area contributed by atoms with Crippen LogP contribution >= 0.6 is 0 Å². The number of rotatable bonds is 8. The van der Waals surface area contributed by atoms with Crippen LogP contribution in [0.5, 0.6) is 0 Å². The highest BCUT2D eigenvalue weighted by Crippen LogP contribution is 2.35. The maximum absolute atomic E-state index is 11.7. The van der Waals surface area contributed by atoms with Crippen molar-refractivity contribution in [2.75, 3.05) is 11.5 Å². The topological polar surface area (TPSA) is 60.4 Å². The van der Waals surface area contributed by atoms with Crippen LogP contribution in [0, 0.1) is 0 Å². The van der Waals surface area contributed by atoms with E-state index in [4.69, 9.17) is 14.6 Å². The average Bonchev–Trinajstić information content (AvgIpc) is 2.77. The molecule has 160 valence electrons. The Balaban J connectivity index is 1.78. The van der Waals surface area contributed by atoms with Crippen LogP contribution in [0.1, 0.15) is 26.3 Å². The minimum absolute atomic E-state index is 0.351. The smallest absolute Gasteiger partial charge is 0.382 e. The van der Waals surface area contributed by atoms with Crippen LogP contribution in [0.25, 0.3) is 0 Å². The van der Waals surface area contributed by atoms with Crippen molar-refractivity contribution in [2.45, 2.75) is 26.4 Å². The molecule has 0 N–H and O–H groups in total. The Kier molecular flexibility index (Phi) is 7.40. The van der Waals surface area contributed by atoms with Gasteiger partial charge in [-0.2, -0.15) is 4.89 Å². The maximum atomic E-state index is 11.7. The molecule has 0 aliphatic carbocycles. The van der Waals surface area contributed by atoms with E-state index in [0.717, 1.165) is 22.6 Å². The second-order valence-electron chi connectivity index (χ2n) is 7.72. The van der Waals surface area contributed by atoms with Crippen molar-refractivity contribution < 1.29 is 19.4 Å². The summed E-state index contributed by atoms with van der Waals surface area (Å²) in [5.74, 6) is -0.657. The average molecular weight is 418 g/mol. The molecule has 0 atom stereocenters. The van der Waals surface area contributed by atoms with Gasteiger partial charge in [-0.1, -0.05) is 59.8 Å². The van der Waals surface area contributed by atoms with Gasteiger partial charge in [-0.15, -0.1) is 0 Å². The van der Waals surface area contributed by atoms with Gasteiger partial charge >= 0.3 is 5.97 Å². The van der Waals surface area contributed by atoms with Crippen molar-refractivity contribution >= 4 is 29.2 Å². The first-order valence-electron chi connectivity index (χ1n) is 9.97. The SMILES string of the molecule is CC(C)(C)OOC(=O)CO/N=C/c1ccccc1N(c1ccccc1)c1ccccc1. The lowest BCUT2D eigenvalue weighted by Crippen LogP contribution is -2.23. The third-order valence-corrected chi connectivity index (χ3v) is 4.04. The third-order valence-electron chi connectivity index (χ3n) is 4.04. The van der Waals surface area contributed by atoms with Gasteiger partial charge in [-0.25, -0.2) is 4.79 Å². The highest BCUT2D eigenvalue weighted by Gasteiger charge is 2.16. The lowest BCUT2D eigenvalue weighted by atomic mass is 10.1. The molecule has 0 heterocycles. The van der Waals surface area contributed by atoms with E-state index in [-0.39, 0.29) is 6.61 Å². The first kappa shape index (κ1) is 22.1. The molecule has 3 aromatic rings. The number of carbonyl (C=O) groups excluding carboxylic acids is 1. The number of nitrogens with zero attached hydrogens (tertiary/aromatic N) is 2. The number of carbonyl (C=O) groups is 1. The van der Waals surface area contributed by atoms with Gasteiger partial charge in [0.2, 0.25) is 6.61 Å². The number of para-hydroxylation sites is 3. The van der Waals surface area contributed by atoms with Gasteiger partial charge in [-0.05, 0) is 51.1 Å². The van der Waals surface area contributed by atoms with Crippen molar-refractivity contribution in [3.8, 4) is 0 Å². The van der Waals surface area contributed by atoms with Crippen LogP contribution in [0.2, 0.25) is 0 Å². The van der Waals surface area contributed by atoms with E-state index in [9.17, 15) is 4.79 Å². The second-order valence-corrected chi connectivity index (χ2v) is 7.72. The Morgan fingerprint density at radius 3 is 2.00 bits per heavy atom. The maximum Gasteiger partial charge on any atom is 0.382 e. The Bertz CT molecular complexity index is 959. The molecule has 0 aliphatic heterocycles. The number of oxime groups is 1. The van der Waals surface area contributed by atoms with Gasteiger partial charge < -0.3 is 9.74 Å². The zero-order valence-electron chi connectivity index (χ0n) is 17.9. The summed E-state index contributed by atoms with van der Waals surface area (Å²) in [4.78, 5) is 28.6. The molecule has 0 amide bonds. The van der Waals surface area contributed by atoms with Gasteiger partial charge in [0.05, 0.1) is 11.9 Å². The molecule has 0 fully saturated rings.